The second-order valence-electron chi connectivity index (χ2n) is 6.75. The number of hydrogen-bond donors (Lipinski definition) is 3. The second-order valence-corrected chi connectivity index (χ2v) is 8.51. The molecule has 7 nitrogen and oxygen atoms in total. The van der Waals surface area contributed by atoms with Crippen LogP contribution in [0.3, 0.4) is 0 Å². The molecule has 1 fully saturated rings. The smallest absolute Gasteiger partial charge is 0.329 e. The Morgan fingerprint density at radius 3 is 2.33 bits per heavy atom. The minimum atomic E-state index is -3.75. The van der Waals surface area contributed by atoms with Gasteiger partial charge in [0.15, 0.2) is 0 Å². The number of hydrogen-bond acceptors (Lipinski definition) is 4. The summed E-state index contributed by atoms with van der Waals surface area (Å²) in [5.41, 5.74) is -1.08. The monoisotopic (exact) mass is 392 g/mol. The highest BCUT2D eigenvalue weighted by atomic mass is 32.2. The average molecular weight is 392 g/mol. The molecule has 1 aromatic carbocycles. The summed E-state index contributed by atoms with van der Waals surface area (Å²) < 4.78 is 26.2. The number of carbonyl (C=O) groups excluding carboxylic acids is 1. The van der Waals surface area contributed by atoms with Crippen LogP contribution in [0.5, 0.6) is 0 Å². The van der Waals surface area contributed by atoms with Crippen LogP contribution in [0.4, 0.5) is 0 Å². The van der Waals surface area contributed by atoms with Crippen LogP contribution in [0.15, 0.2) is 29.2 Å². The highest BCUT2D eigenvalue weighted by molar-refractivity contribution is 7.89. The number of benzene rings is 1. The third-order valence-corrected chi connectivity index (χ3v) is 6.51. The molecule has 0 aliphatic heterocycles. The van der Waals surface area contributed by atoms with E-state index in [0.29, 0.717) is 18.8 Å². The van der Waals surface area contributed by atoms with Crippen molar-refractivity contribution in [2.45, 2.75) is 49.5 Å². The highest BCUT2D eigenvalue weighted by Gasteiger charge is 2.43. The van der Waals surface area contributed by atoms with Crippen LogP contribution in [0.25, 0.3) is 0 Å². The zero-order valence-corrected chi connectivity index (χ0v) is 16.0. The molecule has 0 spiro atoms. The number of rotatable bonds is 7. The SMILES string of the molecule is C#CCNS(=O)(=O)c1ccc(C(=O)NC2(C(=O)O)CCC(CC)CC2)cc1. The van der Waals surface area contributed by atoms with Gasteiger partial charge in [0, 0.05) is 5.56 Å². The van der Waals surface area contributed by atoms with Crippen molar-refractivity contribution in [3.05, 3.63) is 29.8 Å². The van der Waals surface area contributed by atoms with E-state index in [1.807, 2.05) is 0 Å². The summed E-state index contributed by atoms with van der Waals surface area (Å²) in [6.45, 7) is 1.94. The maximum atomic E-state index is 12.5. The van der Waals surface area contributed by atoms with Gasteiger partial charge in [-0.2, -0.15) is 4.72 Å². The molecule has 1 aliphatic carbocycles. The Bertz CT molecular complexity index is 832. The van der Waals surface area contributed by atoms with E-state index in [2.05, 4.69) is 22.9 Å². The van der Waals surface area contributed by atoms with E-state index in [1.54, 1.807) is 0 Å². The van der Waals surface area contributed by atoms with Gasteiger partial charge in [0.2, 0.25) is 10.0 Å². The first-order chi connectivity index (χ1) is 12.7. The number of terminal acetylenes is 1. The van der Waals surface area contributed by atoms with Crippen molar-refractivity contribution in [1.82, 2.24) is 10.0 Å². The van der Waals surface area contributed by atoms with E-state index >= 15 is 0 Å². The normalized spacial score (nSPS) is 22.6. The molecule has 0 atom stereocenters. The van der Waals surface area contributed by atoms with Gasteiger partial charge < -0.3 is 10.4 Å². The van der Waals surface area contributed by atoms with Crippen LogP contribution in [0, 0.1) is 18.3 Å². The standard InChI is InChI=1S/C19H24N2O5S/c1-3-13-20-27(25,26)16-7-5-15(6-8-16)17(22)21-19(18(23)24)11-9-14(4-2)10-12-19/h1,5-8,14,20H,4,9-13H2,2H3,(H,21,22)(H,23,24). The van der Waals surface area contributed by atoms with Gasteiger partial charge in [0.1, 0.15) is 5.54 Å². The van der Waals surface area contributed by atoms with Gasteiger partial charge in [-0.25, -0.2) is 13.2 Å². The Balaban J connectivity index is 2.13. The number of sulfonamides is 1. The molecule has 8 heteroatoms. The predicted molar refractivity (Wildman–Crippen MR) is 101 cm³/mol. The second kappa shape index (κ2) is 8.55. The number of nitrogens with one attached hydrogen (secondary N) is 2. The fourth-order valence-corrected chi connectivity index (χ4v) is 4.20. The van der Waals surface area contributed by atoms with Crippen LogP contribution in [0.1, 0.15) is 49.4 Å². The van der Waals surface area contributed by atoms with Gasteiger partial charge in [-0.3, -0.25) is 4.79 Å². The van der Waals surface area contributed by atoms with Crippen molar-refractivity contribution in [1.29, 1.82) is 0 Å². The molecule has 1 aliphatic rings. The molecule has 3 N–H and O–H groups in total. The first-order valence-corrected chi connectivity index (χ1v) is 10.3. The maximum Gasteiger partial charge on any atom is 0.329 e. The van der Waals surface area contributed by atoms with Gasteiger partial charge in [-0.05, 0) is 55.9 Å². The molecular weight excluding hydrogens is 368 g/mol. The third-order valence-electron chi connectivity index (χ3n) is 5.09. The molecule has 0 aromatic heterocycles. The summed E-state index contributed by atoms with van der Waals surface area (Å²) >= 11 is 0. The molecule has 1 aromatic rings. The maximum absolute atomic E-state index is 12.5. The lowest BCUT2D eigenvalue weighted by Gasteiger charge is -2.37. The molecule has 2 rings (SSSR count). The van der Waals surface area contributed by atoms with Crippen molar-refractivity contribution in [3.63, 3.8) is 0 Å². The number of amides is 1. The molecular formula is C19H24N2O5S. The number of carboxylic acids is 1. The summed E-state index contributed by atoms with van der Waals surface area (Å²) in [6, 6.07) is 5.28. The van der Waals surface area contributed by atoms with Crippen LogP contribution in [0.2, 0.25) is 0 Å². The molecule has 0 radical (unpaired) electrons. The fraction of sp³-hybridized carbons (Fsp3) is 0.474. The molecule has 1 amide bonds. The van der Waals surface area contributed by atoms with Gasteiger partial charge in [0.05, 0.1) is 11.4 Å². The van der Waals surface area contributed by atoms with Crippen molar-refractivity contribution < 1.29 is 23.1 Å². The predicted octanol–water partition coefficient (Wildman–Crippen LogP) is 1.75. The lowest BCUT2D eigenvalue weighted by atomic mass is 9.75. The molecule has 27 heavy (non-hydrogen) atoms. The van der Waals surface area contributed by atoms with Crippen molar-refractivity contribution in [2.75, 3.05) is 6.54 Å². The molecule has 1 saturated carbocycles. The third kappa shape index (κ3) is 4.87. The quantitative estimate of drug-likeness (QED) is 0.612. The molecule has 0 bridgehead atoms. The Morgan fingerprint density at radius 1 is 1.26 bits per heavy atom. The van der Waals surface area contributed by atoms with Crippen molar-refractivity contribution in [3.8, 4) is 12.3 Å². The van der Waals surface area contributed by atoms with E-state index in [9.17, 15) is 23.1 Å². The Morgan fingerprint density at radius 2 is 1.85 bits per heavy atom. The topological polar surface area (TPSA) is 113 Å². The van der Waals surface area contributed by atoms with Crippen LogP contribution < -0.4 is 10.0 Å². The summed E-state index contributed by atoms with van der Waals surface area (Å²) in [7, 11) is -3.75. The minimum absolute atomic E-state index is 0.0225. The lowest BCUT2D eigenvalue weighted by molar-refractivity contribution is -0.146. The van der Waals surface area contributed by atoms with Gasteiger partial charge in [0.25, 0.3) is 5.91 Å². The average Bonchev–Trinajstić information content (AvgIpc) is 2.67. The molecule has 146 valence electrons. The highest BCUT2D eigenvalue weighted by Crippen LogP contribution is 2.34. The Hall–Kier alpha value is -2.37. The zero-order valence-electron chi connectivity index (χ0n) is 15.2. The van der Waals surface area contributed by atoms with Crippen molar-refractivity contribution >= 4 is 21.9 Å². The summed E-state index contributed by atoms with van der Waals surface area (Å²) in [4.78, 5) is 24.3. The molecule has 0 unspecified atom stereocenters. The first-order valence-electron chi connectivity index (χ1n) is 8.83. The number of carbonyl (C=O) groups is 2. The van der Waals surface area contributed by atoms with Gasteiger partial charge in [-0.1, -0.05) is 19.3 Å². The first kappa shape index (κ1) is 20.9. The van der Waals surface area contributed by atoms with Gasteiger partial charge >= 0.3 is 5.97 Å². The zero-order chi connectivity index (χ0) is 20.1. The van der Waals surface area contributed by atoms with Crippen LogP contribution >= 0.6 is 0 Å². The Kier molecular flexibility index (Phi) is 6.63. The van der Waals surface area contributed by atoms with Crippen molar-refractivity contribution in [2.24, 2.45) is 5.92 Å². The van der Waals surface area contributed by atoms with Crippen LogP contribution in [-0.4, -0.2) is 37.5 Å². The summed E-state index contributed by atoms with van der Waals surface area (Å²) in [5, 5.41) is 12.3. The van der Waals surface area contributed by atoms with E-state index in [0.717, 1.165) is 19.3 Å². The Labute approximate surface area is 159 Å². The van der Waals surface area contributed by atoms with E-state index in [4.69, 9.17) is 6.42 Å². The van der Waals surface area contributed by atoms with Gasteiger partial charge in [-0.15, -0.1) is 6.42 Å². The van der Waals surface area contributed by atoms with E-state index in [1.165, 1.54) is 24.3 Å². The van der Waals surface area contributed by atoms with E-state index in [-0.39, 0.29) is 17.0 Å². The van der Waals surface area contributed by atoms with E-state index < -0.39 is 27.4 Å². The molecule has 0 saturated heterocycles. The minimum Gasteiger partial charge on any atom is -0.480 e. The molecule has 0 heterocycles. The number of carboxylic acid groups (broad SMARTS) is 1. The largest absolute Gasteiger partial charge is 0.480 e. The number of aliphatic carboxylic acids is 1. The fourth-order valence-electron chi connectivity index (χ4n) is 3.27. The summed E-state index contributed by atoms with van der Waals surface area (Å²) in [6.07, 6.45) is 8.31. The summed E-state index contributed by atoms with van der Waals surface area (Å²) in [5.74, 6) is 1.09. The van der Waals surface area contributed by atoms with Crippen LogP contribution in [-0.2, 0) is 14.8 Å². The lowest BCUT2D eigenvalue weighted by Crippen LogP contribution is -2.56.